The van der Waals surface area contributed by atoms with Crippen molar-refractivity contribution < 1.29 is 4.39 Å². The van der Waals surface area contributed by atoms with Crippen LogP contribution in [0.2, 0.25) is 5.02 Å². The normalized spacial score (nSPS) is 10.9. The Balaban J connectivity index is 1.98. The molecule has 1 rings (SSSR count). The molecule has 0 aliphatic heterocycles. The monoisotopic (exact) mass is 299 g/mol. The first-order valence-electron chi connectivity index (χ1n) is 7.88. The zero-order valence-corrected chi connectivity index (χ0v) is 13.3. The van der Waals surface area contributed by atoms with E-state index in [4.69, 9.17) is 11.6 Å². The Bertz CT molecular complexity index is 368. The highest BCUT2D eigenvalue weighted by Crippen LogP contribution is 2.16. The Morgan fingerprint density at radius 2 is 1.65 bits per heavy atom. The van der Waals surface area contributed by atoms with E-state index in [0.717, 1.165) is 12.1 Å². The van der Waals surface area contributed by atoms with Crippen LogP contribution in [0.4, 0.5) is 4.39 Å². The summed E-state index contributed by atoms with van der Waals surface area (Å²) in [6.07, 6.45) is 10.6. The predicted molar refractivity (Wildman–Crippen MR) is 85.7 cm³/mol. The topological polar surface area (TPSA) is 12.0 Å². The van der Waals surface area contributed by atoms with Crippen molar-refractivity contribution in [1.82, 2.24) is 5.32 Å². The van der Waals surface area contributed by atoms with E-state index in [1.165, 1.54) is 63.5 Å². The van der Waals surface area contributed by atoms with Gasteiger partial charge < -0.3 is 5.32 Å². The van der Waals surface area contributed by atoms with E-state index in [2.05, 4.69) is 12.2 Å². The second-order valence-corrected chi connectivity index (χ2v) is 5.79. The standard InChI is InChI=1S/C17H27ClFN/c1-2-3-4-5-6-7-8-9-12-20-14-15-13-16(19)10-11-17(15)18/h10-11,13,20H,2-9,12,14H2,1H3. The first kappa shape index (κ1) is 17.5. The van der Waals surface area contributed by atoms with Gasteiger partial charge in [0.1, 0.15) is 5.82 Å². The van der Waals surface area contributed by atoms with Crippen LogP contribution in [-0.4, -0.2) is 6.54 Å². The largest absolute Gasteiger partial charge is 0.313 e. The highest BCUT2D eigenvalue weighted by Gasteiger charge is 2.01. The summed E-state index contributed by atoms with van der Waals surface area (Å²) in [7, 11) is 0. The highest BCUT2D eigenvalue weighted by molar-refractivity contribution is 6.31. The SMILES string of the molecule is CCCCCCCCCCNCc1cc(F)ccc1Cl. The average molecular weight is 300 g/mol. The third-order valence-corrected chi connectivity index (χ3v) is 3.90. The van der Waals surface area contributed by atoms with Crippen LogP contribution in [0.15, 0.2) is 18.2 Å². The number of hydrogen-bond donors (Lipinski definition) is 1. The summed E-state index contributed by atoms with van der Waals surface area (Å²) in [5.74, 6) is -0.224. The van der Waals surface area contributed by atoms with Crippen LogP contribution in [0, 0.1) is 5.82 Å². The fraction of sp³-hybridized carbons (Fsp3) is 0.647. The fourth-order valence-corrected chi connectivity index (χ4v) is 2.47. The summed E-state index contributed by atoms with van der Waals surface area (Å²) in [6.45, 7) is 3.87. The minimum absolute atomic E-state index is 0.224. The number of rotatable bonds is 11. The molecule has 0 aliphatic rings. The van der Waals surface area contributed by atoms with E-state index in [9.17, 15) is 4.39 Å². The number of halogens is 2. The van der Waals surface area contributed by atoms with Crippen LogP contribution >= 0.6 is 11.6 Å². The molecule has 0 saturated carbocycles. The number of hydrogen-bond acceptors (Lipinski definition) is 1. The molecular weight excluding hydrogens is 273 g/mol. The zero-order chi connectivity index (χ0) is 14.6. The quantitative estimate of drug-likeness (QED) is 0.516. The van der Waals surface area contributed by atoms with Gasteiger partial charge in [-0.25, -0.2) is 4.39 Å². The van der Waals surface area contributed by atoms with Gasteiger partial charge in [0.05, 0.1) is 0 Å². The lowest BCUT2D eigenvalue weighted by Crippen LogP contribution is -2.15. The molecule has 1 aromatic carbocycles. The molecule has 1 aromatic rings. The smallest absolute Gasteiger partial charge is 0.123 e. The van der Waals surface area contributed by atoms with Crippen molar-refractivity contribution in [3.8, 4) is 0 Å². The minimum atomic E-state index is -0.224. The molecule has 0 atom stereocenters. The van der Waals surface area contributed by atoms with Crippen molar-refractivity contribution in [1.29, 1.82) is 0 Å². The summed E-state index contributed by atoms with van der Waals surface area (Å²) in [5.41, 5.74) is 0.839. The molecule has 0 amide bonds. The van der Waals surface area contributed by atoms with E-state index >= 15 is 0 Å². The van der Waals surface area contributed by atoms with E-state index < -0.39 is 0 Å². The van der Waals surface area contributed by atoms with Crippen LogP contribution in [0.1, 0.15) is 63.9 Å². The van der Waals surface area contributed by atoms with Crippen LogP contribution in [0.5, 0.6) is 0 Å². The number of benzene rings is 1. The molecule has 20 heavy (non-hydrogen) atoms. The molecule has 114 valence electrons. The zero-order valence-electron chi connectivity index (χ0n) is 12.6. The van der Waals surface area contributed by atoms with Crippen LogP contribution < -0.4 is 5.32 Å². The van der Waals surface area contributed by atoms with E-state index in [1.807, 2.05) is 0 Å². The second-order valence-electron chi connectivity index (χ2n) is 5.39. The minimum Gasteiger partial charge on any atom is -0.313 e. The van der Waals surface area contributed by atoms with E-state index in [0.29, 0.717) is 11.6 Å². The molecular formula is C17H27ClFN. The first-order valence-corrected chi connectivity index (χ1v) is 8.26. The van der Waals surface area contributed by atoms with Gasteiger partial charge in [0, 0.05) is 11.6 Å². The summed E-state index contributed by atoms with van der Waals surface area (Å²) in [4.78, 5) is 0. The van der Waals surface area contributed by atoms with Gasteiger partial charge in [-0.15, -0.1) is 0 Å². The molecule has 0 aliphatic carbocycles. The van der Waals surface area contributed by atoms with E-state index in [1.54, 1.807) is 6.07 Å². The lowest BCUT2D eigenvalue weighted by Gasteiger charge is -2.07. The first-order chi connectivity index (χ1) is 9.74. The Hall–Kier alpha value is -0.600. The Labute approximate surface area is 127 Å². The maximum atomic E-state index is 13.1. The van der Waals surface area contributed by atoms with Crippen LogP contribution in [0.3, 0.4) is 0 Å². The molecule has 0 bridgehead atoms. The molecule has 1 N–H and O–H groups in total. The summed E-state index contributed by atoms with van der Waals surface area (Å²) in [5, 5.41) is 3.96. The van der Waals surface area contributed by atoms with Gasteiger partial charge >= 0.3 is 0 Å². The fourth-order valence-electron chi connectivity index (χ4n) is 2.29. The van der Waals surface area contributed by atoms with Gasteiger partial charge in [0.15, 0.2) is 0 Å². The summed E-state index contributed by atoms with van der Waals surface area (Å²) in [6, 6.07) is 4.51. The Morgan fingerprint density at radius 1 is 1.00 bits per heavy atom. The van der Waals surface area contributed by atoms with Crippen molar-refractivity contribution in [3.05, 3.63) is 34.6 Å². The van der Waals surface area contributed by atoms with Gasteiger partial charge in [0.25, 0.3) is 0 Å². The van der Waals surface area contributed by atoms with Crippen molar-refractivity contribution >= 4 is 11.6 Å². The third kappa shape index (κ3) is 7.86. The van der Waals surface area contributed by atoms with Gasteiger partial charge in [-0.2, -0.15) is 0 Å². The highest BCUT2D eigenvalue weighted by atomic mass is 35.5. The molecule has 0 heterocycles. The molecule has 0 aromatic heterocycles. The summed E-state index contributed by atoms with van der Waals surface area (Å²) >= 11 is 6.01. The Morgan fingerprint density at radius 3 is 2.35 bits per heavy atom. The van der Waals surface area contributed by atoms with Gasteiger partial charge in [-0.1, -0.05) is 63.5 Å². The van der Waals surface area contributed by atoms with Crippen molar-refractivity contribution in [2.45, 2.75) is 64.8 Å². The molecule has 0 fully saturated rings. The predicted octanol–water partition coefficient (Wildman–Crippen LogP) is 5.71. The average Bonchev–Trinajstić information content (AvgIpc) is 2.44. The van der Waals surface area contributed by atoms with Crippen LogP contribution in [0.25, 0.3) is 0 Å². The molecule has 1 nitrogen and oxygen atoms in total. The molecule has 0 saturated heterocycles. The Kier molecular flexibility index (Phi) is 9.69. The number of unbranched alkanes of at least 4 members (excludes halogenated alkanes) is 7. The van der Waals surface area contributed by atoms with Gasteiger partial charge in [0.2, 0.25) is 0 Å². The van der Waals surface area contributed by atoms with E-state index in [-0.39, 0.29) is 5.82 Å². The molecule has 0 spiro atoms. The number of nitrogens with one attached hydrogen (secondary N) is 1. The molecule has 0 radical (unpaired) electrons. The van der Waals surface area contributed by atoms with Gasteiger partial charge in [-0.05, 0) is 36.7 Å². The second kappa shape index (κ2) is 11.1. The molecule has 3 heteroatoms. The van der Waals surface area contributed by atoms with Crippen LogP contribution in [-0.2, 0) is 6.54 Å². The van der Waals surface area contributed by atoms with Crippen molar-refractivity contribution in [3.63, 3.8) is 0 Å². The summed E-state index contributed by atoms with van der Waals surface area (Å²) < 4.78 is 13.1. The van der Waals surface area contributed by atoms with Crippen molar-refractivity contribution in [2.75, 3.05) is 6.54 Å². The molecule has 0 unspecified atom stereocenters. The van der Waals surface area contributed by atoms with Crippen molar-refractivity contribution in [2.24, 2.45) is 0 Å². The third-order valence-electron chi connectivity index (χ3n) is 3.53. The maximum Gasteiger partial charge on any atom is 0.123 e. The lowest BCUT2D eigenvalue weighted by atomic mass is 10.1. The maximum absolute atomic E-state index is 13.1. The lowest BCUT2D eigenvalue weighted by molar-refractivity contribution is 0.554. The van der Waals surface area contributed by atoms with Gasteiger partial charge in [-0.3, -0.25) is 0 Å².